The number of carbonyl (C=O) groups is 2. The summed E-state index contributed by atoms with van der Waals surface area (Å²) in [4.78, 5) is 26.6. The van der Waals surface area contributed by atoms with Crippen molar-refractivity contribution in [1.29, 1.82) is 0 Å². The summed E-state index contributed by atoms with van der Waals surface area (Å²) < 4.78 is 0. The van der Waals surface area contributed by atoms with Crippen LogP contribution in [0.5, 0.6) is 0 Å². The fourth-order valence-corrected chi connectivity index (χ4v) is 1.95. The van der Waals surface area contributed by atoms with Gasteiger partial charge in [0.1, 0.15) is 5.82 Å². The summed E-state index contributed by atoms with van der Waals surface area (Å²) in [5, 5.41) is 12.1. The maximum atomic E-state index is 11.2. The number of carboxylic acid groups (broad SMARTS) is 1. The number of amides is 1. The molecule has 2 aromatic rings. The molecule has 1 heterocycles. The maximum Gasteiger partial charge on any atom is 0.336 e. The van der Waals surface area contributed by atoms with Crippen molar-refractivity contribution in [2.75, 3.05) is 5.32 Å². The lowest BCUT2D eigenvalue weighted by molar-refractivity contribution is 0.0696. The first-order chi connectivity index (χ1) is 9.86. The zero-order valence-corrected chi connectivity index (χ0v) is 11.7. The molecule has 0 saturated carbocycles. The number of benzene rings is 1. The Morgan fingerprint density at radius 3 is 2.52 bits per heavy atom. The lowest BCUT2D eigenvalue weighted by atomic mass is 10.1. The number of aromatic carboxylic acids is 1. The molecule has 6 nitrogen and oxygen atoms in total. The van der Waals surface area contributed by atoms with Crippen molar-refractivity contribution in [2.24, 2.45) is 5.73 Å². The number of aryl methyl sites for hydroxylation is 2. The summed E-state index contributed by atoms with van der Waals surface area (Å²) in [7, 11) is 0. The van der Waals surface area contributed by atoms with E-state index in [4.69, 9.17) is 10.8 Å². The van der Waals surface area contributed by atoms with Crippen LogP contribution in [0.25, 0.3) is 0 Å². The number of carbonyl (C=O) groups excluding carboxylic acids is 1. The van der Waals surface area contributed by atoms with Crippen molar-refractivity contribution in [3.63, 3.8) is 0 Å². The average Bonchev–Trinajstić information content (AvgIpc) is 2.40. The van der Waals surface area contributed by atoms with E-state index in [0.717, 1.165) is 0 Å². The molecule has 1 aromatic heterocycles. The van der Waals surface area contributed by atoms with Gasteiger partial charge in [-0.25, -0.2) is 9.78 Å². The quantitative estimate of drug-likeness (QED) is 0.799. The summed E-state index contributed by atoms with van der Waals surface area (Å²) in [6.45, 7) is 3.47. The smallest absolute Gasteiger partial charge is 0.336 e. The van der Waals surface area contributed by atoms with Crippen molar-refractivity contribution in [2.45, 2.75) is 13.8 Å². The van der Waals surface area contributed by atoms with E-state index in [1.54, 1.807) is 32.0 Å². The second-order valence-corrected chi connectivity index (χ2v) is 4.71. The van der Waals surface area contributed by atoms with Gasteiger partial charge in [0, 0.05) is 16.9 Å². The van der Waals surface area contributed by atoms with Crippen LogP contribution in [0, 0.1) is 13.8 Å². The highest BCUT2D eigenvalue weighted by molar-refractivity contribution is 5.94. The van der Waals surface area contributed by atoms with E-state index in [1.165, 1.54) is 12.1 Å². The lowest BCUT2D eigenvalue weighted by Gasteiger charge is -2.10. The number of hydrogen-bond donors (Lipinski definition) is 3. The molecule has 1 aromatic carbocycles. The number of hydrogen-bond acceptors (Lipinski definition) is 4. The van der Waals surface area contributed by atoms with Crippen LogP contribution in [0.4, 0.5) is 11.5 Å². The molecule has 4 N–H and O–H groups in total. The van der Waals surface area contributed by atoms with Gasteiger partial charge in [-0.15, -0.1) is 0 Å². The molecule has 1 amide bonds. The van der Waals surface area contributed by atoms with E-state index in [2.05, 4.69) is 10.3 Å². The van der Waals surface area contributed by atoms with Crippen LogP contribution in [0.1, 0.15) is 32.0 Å². The fraction of sp³-hybridized carbons (Fsp3) is 0.133. The van der Waals surface area contributed by atoms with Crippen LogP contribution >= 0.6 is 0 Å². The van der Waals surface area contributed by atoms with E-state index in [9.17, 15) is 9.59 Å². The first-order valence-electron chi connectivity index (χ1n) is 6.26. The van der Waals surface area contributed by atoms with E-state index < -0.39 is 11.9 Å². The summed E-state index contributed by atoms with van der Waals surface area (Å²) in [5.41, 5.74) is 7.69. The van der Waals surface area contributed by atoms with Gasteiger partial charge in [-0.1, -0.05) is 6.07 Å². The minimum absolute atomic E-state index is 0.211. The molecule has 0 saturated heterocycles. The third-order valence-corrected chi connectivity index (χ3v) is 2.98. The van der Waals surface area contributed by atoms with E-state index in [0.29, 0.717) is 28.3 Å². The topological polar surface area (TPSA) is 105 Å². The molecule has 0 aliphatic carbocycles. The first kappa shape index (κ1) is 14.5. The normalized spacial score (nSPS) is 10.2. The Hall–Kier alpha value is -2.89. The Labute approximate surface area is 121 Å². The first-order valence-corrected chi connectivity index (χ1v) is 6.26. The van der Waals surface area contributed by atoms with Gasteiger partial charge in [0.15, 0.2) is 0 Å². The van der Waals surface area contributed by atoms with Gasteiger partial charge in [0.25, 0.3) is 0 Å². The van der Waals surface area contributed by atoms with E-state index >= 15 is 0 Å². The second kappa shape index (κ2) is 5.62. The monoisotopic (exact) mass is 285 g/mol. The van der Waals surface area contributed by atoms with Gasteiger partial charge < -0.3 is 16.2 Å². The molecular weight excluding hydrogens is 270 g/mol. The second-order valence-electron chi connectivity index (χ2n) is 4.71. The van der Waals surface area contributed by atoms with Gasteiger partial charge in [-0.05, 0) is 43.7 Å². The summed E-state index contributed by atoms with van der Waals surface area (Å²) in [6.07, 6.45) is 0. The maximum absolute atomic E-state index is 11.2. The highest BCUT2D eigenvalue weighted by Crippen LogP contribution is 2.20. The molecule has 6 heteroatoms. The van der Waals surface area contributed by atoms with Crippen LogP contribution in [0.15, 0.2) is 30.3 Å². The van der Waals surface area contributed by atoms with Gasteiger partial charge in [0.05, 0.1) is 5.56 Å². The number of pyridine rings is 1. The lowest BCUT2D eigenvalue weighted by Crippen LogP contribution is -2.12. The van der Waals surface area contributed by atoms with Crippen LogP contribution in [-0.2, 0) is 0 Å². The van der Waals surface area contributed by atoms with Crippen LogP contribution in [-0.4, -0.2) is 22.0 Å². The Morgan fingerprint density at radius 1 is 1.19 bits per heavy atom. The molecule has 0 bridgehead atoms. The van der Waals surface area contributed by atoms with Crippen molar-refractivity contribution in [3.8, 4) is 0 Å². The van der Waals surface area contributed by atoms with Gasteiger partial charge in [-0.2, -0.15) is 0 Å². The molecule has 108 valence electrons. The summed E-state index contributed by atoms with van der Waals surface area (Å²) >= 11 is 0. The number of primary amides is 1. The van der Waals surface area contributed by atoms with Crippen molar-refractivity contribution in [3.05, 3.63) is 52.7 Å². The molecule has 0 radical (unpaired) electrons. The fourth-order valence-electron chi connectivity index (χ4n) is 1.95. The average molecular weight is 285 g/mol. The molecule has 0 fully saturated rings. The number of nitrogens with zero attached hydrogens (tertiary/aromatic N) is 1. The Kier molecular flexibility index (Phi) is 3.89. The van der Waals surface area contributed by atoms with Crippen molar-refractivity contribution < 1.29 is 14.7 Å². The molecule has 0 spiro atoms. The molecule has 0 aliphatic rings. The Balaban J connectivity index is 2.36. The molecule has 0 unspecified atom stereocenters. The minimum Gasteiger partial charge on any atom is -0.478 e. The van der Waals surface area contributed by atoms with Crippen molar-refractivity contribution >= 4 is 23.4 Å². The van der Waals surface area contributed by atoms with Gasteiger partial charge in [-0.3, -0.25) is 4.79 Å². The highest BCUT2D eigenvalue weighted by atomic mass is 16.4. The number of nitrogens with two attached hydrogens (primary N) is 1. The Bertz CT molecular complexity index is 726. The highest BCUT2D eigenvalue weighted by Gasteiger charge is 2.09. The standard InChI is InChI=1S/C15H15N3O3/c1-8-3-4-11(7-12(8)15(20)21)18-13-6-10(14(16)19)5-9(2)17-13/h3-7H,1-2H3,(H2,16,19)(H,17,18)(H,20,21). The van der Waals surface area contributed by atoms with E-state index in [-0.39, 0.29) is 5.56 Å². The van der Waals surface area contributed by atoms with Crippen LogP contribution in [0.3, 0.4) is 0 Å². The predicted molar refractivity (Wildman–Crippen MR) is 78.9 cm³/mol. The zero-order chi connectivity index (χ0) is 15.6. The SMILES string of the molecule is Cc1cc(C(N)=O)cc(Nc2ccc(C)c(C(=O)O)c2)n1. The van der Waals surface area contributed by atoms with Gasteiger partial charge in [0.2, 0.25) is 5.91 Å². The van der Waals surface area contributed by atoms with Crippen LogP contribution in [0.2, 0.25) is 0 Å². The summed E-state index contributed by atoms with van der Waals surface area (Å²) in [5.74, 6) is -1.10. The Morgan fingerprint density at radius 2 is 1.90 bits per heavy atom. The zero-order valence-electron chi connectivity index (χ0n) is 11.7. The molecular formula is C15H15N3O3. The number of carboxylic acids is 1. The third kappa shape index (κ3) is 3.36. The molecule has 2 rings (SSSR count). The predicted octanol–water partition coefficient (Wildman–Crippen LogP) is 2.24. The van der Waals surface area contributed by atoms with Crippen molar-refractivity contribution in [1.82, 2.24) is 4.98 Å². The van der Waals surface area contributed by atoms with Crippen LogP contribution < -0.4 is 11.1 Å². The number of nitrogens with one attached hydrogen (secondary N) is 1. The molecule has 0 atom stereocenters. The molecule has 0 aliphatic heterocycles. The number of anilines is 2. The largest absolute Gasteiger partial charge is 0.478 e. The number of aromatic nitrogens is 1. The van der Waals surface area contributed by atoms with Gasteiger partial charge >= 0.3 is 5.97 Å². The minimum atomic E-state index is -0.994. The van der Waals surface area contributed by atoms with E-state index in [1.807, 2.05) is 0 Å². The number of rotatable bonds is 4. The third-order valence-electron chi connectivity index (χ3n) is 2.98. The molecule has 21 heavy (non-hydrogen) atoms. The summed E-state index contributed by atoms with van der Waals surface area (Å²) in [6, 6.07) is 8.08.